The predicted octanol–water partition coefficient (Wildman–Crippen LogP) is 2.54. The van der Waals surface area contributed by atoms with Crippen LogP contribution in [0.3, 0.4) is 0 Å². The summed E-state index contributed by atoms with van der Waals surface area (Å²) in [6.07, 6.45) is 0.901. The number of benzene rings is 1. The van der Waals surface area contributed by atoms with Crippen LogP contribution in [0.15, 0.2) is 23.2 Å². The third kappa shape index (κ3) is 7.79. The summed E-state index contributed by atoms with van der Waals surface area (Å²) >= 11 is 0. The van der Waals surface area contributed by atoms with Gasteiger partial charge in [0.2, 0.25) is 0 Å². The van der Waals surface area contributed by atoms with Crippen molar-refractivity contribution in [2.24, 2.45) is 4.99 Å². The molecule has 0 heterocycles. The fourth-order valence-corrected chi connectivity index (χ4v) is 1.74. The van der Waals surface area contributed by atoms with Crippen LogP contribution in [0, 0.1) is 5.82 Å². The van der Waals surface area contributed by atoms with Crippen LogP contribution in [-0.2, 0) is 11.3 Å². The minimum atomic E-state index is -0.372. The zero-order chi connectivity index (χ0) is 15.5. The third-order valence-electron chi connectivity index (χ3n) is 2.80. The lowest BCUT2D eigenvalue weighted by molar-refractivity contribution is 0.195. The Hall–Kier alpha value is -1.09. The van der Waals surface area contributed by atoms with Crippen LogP contribution in [0.4, 0.5) is 4.39 Å². The van der Waals surface area contributed by atoms with Crippen molar-refractivity contribution in [2.75, 3.05) is 33.9 Å². The van der Waals surface area contributed by atoms with E-state index in [9.17, 15) is 4.39 Å². The number of aliphatic imine (C=N–C) groups is 1. The smallest absolute Gasteiger partial charge is 0.191 e. The van der Waals surface area contributed by atoms with Gasteiger partial charge in [-0.3, -0.25) is 0 Å². The largest absolute Gasteiger partial charge is 0.494 e. The molecular weight excluding hydrogens is 400 g/mol. The maximum absolute atomic E-state index is 13.6. The van der Waals surface area contributed by atoms with Gasteiger partial charge < -0.3 is 20.1 Å². The van der Waals surface area contributed by atoms with E-state index in [0.717, 1.165) is 25.1 Å². The molecule has 7 heteroatoms. The van der Waals surface area contributed by atoms with E-state index in [1.807, 2.05) is 6.92 Å². The van der Waals surface area contributed by atoms with Gasteiger partial charge in [0, 0.05) is 26.8 Å². The maximum Gasteiger partial charge on any atom is 0.191 e. The Morgan fingerprint density at radius 1 is 1.27 bits per heavy atom. The van der Waals surface area contributed by atoms with Crippen molar-refractivity contribution < 1.29 is 13.9 Å². The molecule has 0 saturated carbocycles. The summed E-state index contributed by atoms with van der Waals surface area (Å²) in [4.78, 5) is 4.42. The molecule has 1 rings (SSSR count). The summed E-state index contributed by atoms with van der Waals surface area (Å²) in [5.74, 6) is 0.584. The van der Waals surface area contributed by atoms with Gasteiger partial charge in [-0.05, 0) is 31.0 Å². The van der Waals surface area contributed by atoms with Crippen molar-refractivity contribution >= 4 is 29.9 Å². The van der Waals surface area contributed by atoms with Gasteiger partial charge in [-0.1, -0.05) is 6.07 Å². The van der Waals surface area contributed by atoms with E-state index >= 15 is 0 Å². The summed E-state index contributed by atoms with van der Waals surface area (Å²) in [5.41, 5.74) is 0.794. The lowest BCUT2D eigenvalue weighted by atomic mass is 10.2. The van der Waals surface area contributed by atoms with Gasteiger partial charge in [0.15, 0.2) is 17.5 Å². The van der Waals surface area contributed by atoms with E-state index < -0.39 is 0 Å². The highest BCUT2D eigenvalue weighted by atomic mass is 127. The zero-order valence-electron chi connectivity index (χ0n) is 13.3. The number of nitrogens with zero attached hydrogens (tertiary/aromatic N) is 1. The van der Waals surface area contributed by atoms with Gasteiger partial charge >= 0.3 is 0 Å². The highest BCUT2D eigenvalue weighted by Crippen LogP contribution is 2.17. The van der Waals surface area contributed by atoms with Crippen LogP contribution >= 0.6 is 24.0 Å². The average molecular weight is 425 g/mol. The molecule has 1 aromatic rings. The van der Waals surface area contributed by atoms with Crippen LogP contribution in [0.5, 0.6) is 5.75 Å². The molecule has 0 bridgehead atoms. The van der Waals surface area contributed by atoms with Crippen molar-refractivity contribution in [1.29, 1.82) is 0 Å². The first-order chi connectivity index (χ1) is 10.2. The summed E-state index contributed by atoms with van der Waals surface area (Å²) in [6, 6.07) is 4.86. The second-order valence-corrected chi connectivity index (χ2v) is 4.44. The van der Waals surface area contributed by atoms with Gasteiger partial charge in [-0.2, -0.15) is 0 Å². The van der Waals surface area contributed by atoms with E-state index in [0.29, 0.717) is 19.1 Å². The first kappa shape index (κ1) is 20.9. The summed E-state index contributed by atoms with van der Waals surface area (Å²) in [5, 5.41) is 6.35. The van der Waals surface area contributed by atoms with E-state index in [-0.39, 0.29) is 35.5 Å². The number of methoxy groups -OCH3 is 2. The number of halogens is 2. The molecule has 2 N–H and O–H groups in total. The quantitative estimate of drug-likeness (QED) is 0.291. The highest BCUT2D eigenvalue weighted by molar-refractivity contribution is 14.0. The Morgan fingerprint density at radius 3 is 2.64 bits per heavy atom. The van der Waals surface area contributed by atoms with Crippen LogP contribution in [0.25, 0.3) is 0 Å². The number of guanidine groups is 1. The van der Waals surface area contributed by atoms with Crippen molar-refractivity contribution in [1.82, 2.24) is 10.6 Å². The van der Waals surface area contributed by atoms with E-state index in [4.69, 9.17) is 9.47 Å². The molecule has 0 aliphatic rings. The molecule has 22 heavy (non-hydrogen) atoms. The summed E-state index contributed by atoms with van der Waals surface area (Å²) < 4.78 is 23.5. The second kappa shape index (κ2) is 12.5. The fourth-order valence-electron chi connectivity index (χ4n) is 1.74. The molecule has 0 fully saturated rings. The topological polar surface area (TPSA) is 54.9 Å². The Bertz CT molecular complexity index is 458. The Morgan fingerprint density at radius 2 is 2.05 bits per heavy atom. The van der Waals surface area contributed by atoms with Crippen molar-refractivity contribution in [2.45, 2.75) is 19.9 Å². The van der Waals surface area contributed by atoms with Gasteiger partial charge in [0.05, 0.1) is 13.7 Å². The minimum absolute atomic E-state index is 0. The standard InChI is InChI=1S/C15H24FN3O2.HI/c1-4-17-15(18-8-5-9-20-2)19-11-12-6-7-14(21-3)13(16)10-12;/h6-7,10H,4-5,8-9,11H2,1-3H3,(H2,17,18,19);1H. The number of ether oxygens (including phenoxy) is 2. The van der Waals surface area contributed by atoms with E-state index in [2.05, 4.69) is 15.6 Å². The van der Waals surface area contributed by atoms with Gasteiger partial charge in [0.1, 0.15) is 0 Å². The predicted molar refractivity (Wildman–Crippen MR) is 97.7 cm³/mol. The molecule has 0 unspecified atom stereocenters. The molecule has 0 aliphatic carbocycles. The average Bonchev–Trinajstić information content (AvgIpc) is 2.49. The van der Waals surface area contributed by atoms with Crippen LogP contribution < -0.4 is 15.4 Å². The summed E-state index contributed by atoms with van der Waals surface area (Å²) in [6.45, 7) is 4.65. The molecule has 1 aromatic carbocycles. The SMILES string of the molecule is CCNC(=NCc1ccc(OC)c(F)c1)NCCCOC.I. The van der Waals surface area contributed by atoms with Gasteiger partial charge in [-0.25, -0.2) is 9.38 Å². The van der Waals surface area contributed by atoms with Gasteiger partial charge in [-0.15, -0.1) is 24.0 Å². The molecule has 126 valence electrons. The first-order valence-electron chi connectivity index (χ1n) is 7.04. The number of hydrogen-bond acceptors (Lipinski definition) is 3. The molecule has 0 aliphatic heterocycles. The lowest BCUT2D eigenvalue weighted by Gasteiger charge is -2.11. The van der Waals surface area contributed by atoms with Crippen molar-refractivity contribution in [3.63, 3.8) is 0 Å². The first-order valence-corrected chi connectivity index (χ1v) is 7.04. The minimum Gasteiger partial charge on any atom is -0.494 e. The molecule has 0 amide bonds. The lowest BCUT2D eigenvalue weighted by Crippen LogP contribution is -2.38. The molecule has 5 nitrogen and oxygen atoms in total. The third-order valence-corrected chi connectivity index (χ3v) is 2.80. The molecule has 0 atom stereocenters. The van der Waals surface area contributed by atoms with Crippen LogP contribution in [0.2, 0.25) is 0 Å². The Kier molecular flexibility index (Phi) is 11.8. The molecule has 0 saturated heterocycles. The fraction of sp³-hybridized carbons (Fsp3) is 0.533. The van der Waals surface area contributed by atoms with Crippen molar-refractivity contribution in [3.8, 4) is 5.75 Å². The number of rotatable bonds is 8. The number of hydrogen-bond donors (Lipinski definition) is 2. The normalized spacial score (nSPS) is 10.8. The van der Waals surface area contributed by atoms with E-state index in [1.165, 1.54) is 13.2 Å². The van der Waals surface area contributed by atoms with Crippen LogP contribution in [0.1, 0.15) is 18.9 Å². The van der Waals surface area contributed by atoms with Gasteiger partial charge in [0.25, 0.3) is 0 Å². The number of nitrogens with one attached hydrogen (secondary N) is 2. The van der Waals surface area contributed by atoms with Crippen molar-refractivity contribution in [3.05, 3.63) is 29.6 Å². The van der Waals surface area contributed by atoms with Crippen LogP contribution in [-0.4, -0.2) is 39.9 Å². The Labute approximate surface area is 148 Å². The zero-order valence-corrected chi connectivity index (χ0v) is 15.6. The molecule has 0 spiro atoms. The maximum atomic E-state index is 13.6. The molecule has 0 radical (unpaired) electrons. The Balaban J connectivity index is 0.00000441. The monoisotopic (exact) mass is 425 g/mol. The summed E-state index contributed by atoms with van der Waals surface area (Å²) in [7, 11) is 3.13. The van der Waals surface area contributed by atoms with E-state index in [1.54, 1.807) is 19.2 Å². The molecule has 0 aromatic heterocycles. The second-order valence-electron chi connectivity index (χ2n) is 4.44. The molecular formula is C15H25FIN3O2. The highest BCUT2D eigenvalue weighted by Gasteiger charge is 2.03.